The zero-order valence-corrected chi connectivity index (χ0v) is 11.1. The second-order valence-corrected chi connectivity index (χ2v) is 5.05. The van der Waals surface area contributed by atoms with Crippen LogP contribution >= 0.6 is 15.9 Å². The topological polar surface area (TPSA) is 20.3 Å². The number of benzene rings is 1. The lowest BCUT2D eigenvalue weighted by Gasteiger charge is -2.26. The zero-order valence-electron chi connectivity index (χ0n) is 9.54. The summed E-state index contributed by atoms with van der Waals surface area (Å²) in [7, 11) is 0. The summed E-state index contributed by atoms with van der Waals surface area (Å²) >= 11 is 3.08. The van der Waals surface area contributed by atoms with Crippen LogP contribution in [0, 0.1) is 5.82 Å². The second kappa shape index (κ2) is 5.00. The van der Waals surface area contributed by atoms with Gasteiger partial charge in [0.2, 0.25) is 0 Å². The molecule has 4 heteroatoms. The van der Waals surface area contributed by atoms with Gasteiger partial charge in [0.05, 0.1) is 4.47 Å². The lowest BCUT2D eigenvalue weighted by molar-refractivity contribution is 0.0765. The van der Waals surface area contributed by atoms with Crippen molar-refractivity contribution in [2.75, 3.05) is 13.1 Å². The number of carbonyl (C=O) groups is 1. The number of hydrogen-bond donors (Lipinski definition) is 0. The maximum absolute atomic E-state index is 13.4. The SMILES string of the molecule is CC1=CCCN(C(=O)c2ccc(Br)c(F)c2)C1. The van der Waals surface area contributed by atoms with Crippen molar-refractivity contribution in [2.45, 2.75) is 13.3 Å². The second-order valence-electron chi connectivity index (χ2n) is 4.19. The summed E-state index contributed by atoms with van der Waals surface area (Å²) in [6.07, 6.45) is 3.00. The Morgan fingerprint density at radius 1 is 1.47 bits per heavy atom. The number of carbonyl (C=O) groups excluding carboxylic acids is 1. The maximum Gasteiger partial charge on any atom is 0.254 e. The summed E-state index contributed by atoms with van der Waals surface area (Å²) in [4.78, 5) is 13.9. The van der Waals surface area contributed by atoms with Crippen LogP contribution in [0.25, 0.3) is 0 Å². The minimum Gasteiger partial charge on any atom is -0.334 e. The molecule has 0 N–H and O–H groups in total. The molecule has 90 valence electrons. The maximum atomic E-state index is 13.4. The third-order valence-corrected chi connectivity index (χ3v) is 3.43. The first-order valence-electron chi connectivity index (χ1n) is 5.48. The molecular formula is C13H13BrFNO. The smallest absolute Gasteiger partial charge is 0.254 e. The Morgan fingerprint density at radius 3 is 2.88 bits per heavy atom. The highest BCUT2D eigenvalue weighted by Crippen LogP contribution is 2.19. The van der Waals surface area contributed by atoms with Crippen molar-refractivity contribution >= 4 is 21.8 Å². The minimum atomic E-state index is -0.403. The van der Waals surface area contributed by atoms with E-state index < -0.39 is 5.82 Å². The lowest BCUT2D eigenvalue weighted by Crippen LogP contribution is -2.35. The van der Waals surface area contributed by atoms with E-state index in [4.69, 9.17) is 0 Å². The van der Waals surface area contributed by atoms with Crippen LogP contribution in [-0.4, -0.2) is 23.9 Å². The van der Waals surface area contributed by atoms with Gasteiger partial charge in [-0.25, -0.2) is 4.39 Å². The van der Waals surface area contributed by atoms with Crippen LogP contribution < -0.4 is 0 Å². The van der Waals surface area contributed by atoms with Crippen molar-refractivity contribution in [3.8, 4) is 0 Å². The van der Waals surface area contributed by atoms with Gasteiger partial charge in [-0.3, -0.25) is 4.79 Å². The molecule has 0 radical (unpaired) electrons. The van der Waals surface area contributed by atoms with E-state index in [-0.39, 0.29) is 5.91 Å². The van der Waals surface area contributed by atoms with Crippen molar-refractivity contribution < 1.29 is 9.18 Å². The summed E-state index contributed by atoms with van der Waals surface area (Å²) in [6.45, 7) is 3.34. The largest absolute Gasteiger partial charge is 0.334 e. The number of hydrogen-bond acceptors (Lipinski definition) is 1. The van der Waals surface area contributed by atoms with E-state index in [1.165, 1.54) is 11.6 Å². The molecule has 17 heavy (non-hydrogen) atoms. The standard InChI is InChI=1S/C13H13BrFNO/c1-9-3-2-6-16(8-9)13(17)10-4-5-11(14)12(15)7-10/h3-5,7H,2,6,8H2,1H3. The molecule has 2 rings (SSSR count). The fourth-order valence-corrected chi connectivity index (χ4v) is 2.14. The van der Waals surface area contributed by atoms with Gasteiger partial charge in [0.25, 0.3) is 5.91 Å². The Morgan fingerprint density at radius 2 is 2.24 bits per heavy atom. The van der Waals surface area contributed by atoms with E-state index in [1.54, 1.807) is 17.0 Å². The molecule has 0 aromatic heterocycles. The molecule has 1 amide bonds. The summed E-state index contributed by atoms with van der Waals surface area (Å²) < 4.78 is 13.7. The van der Waals surface area contributed by atoms with Crippen molar-refractivity contribution in [3.05, 3.63) is 45.7 Å². The highest BCUT2D eigenvalue weighted by atomic mass is 79.9. The third-order valence-electron chi connectivity index (χ3n) is 2.79. The van der Waals surface area contributed by atoms with E-state index in [0.717, 1.165) is 6.42 Å². The fraction of sp³-hybridized carbons (Fsp3) is 0.308. The van der Waals surface area contributed by atoms with Crippen LogP contribution in [0.3, 0.4) is 0 Å². The highest BCUT2D eigenvalue weighted by Gasteiger charge is 2.18. The minimum absolute atomic E-state index is 0.108. The number of halogens is 2. The van der Waals surface area contributed by atoms with Crippen molar-refractivity contribution in [1.29, 1.82) is 0 Å². The monoisotopic (exact) mass is 297 g/mol. The summed E-state index contributed by atoms with van der Waals surface area (Å²) in [5, 5.41) is 0. The molecule has 1 heterocycles. The molecule has 0 aliphatic carbocycles. The van der Waals surface area contributed by atoms with Crippen LogP contribution in [0.5, 0.6) is 0 Å². The first kappa shape index (κ1) is 12.3. The van der Waals surface area contributed by atoms with E-state index in [1.807, 2.05) is 6.92 Å². The normalized spacial score (nSPS) is 15.7. The van der Waals surface area contributed by atoms with Gasteiger partial charge >= 0.3 is 0 Å². The molecule has 1 aliphatic rings. The Labute approximate surface area is 108 Å². The van der Waals surface area contributed by atoms with Crippen molar-refractivity contribution in [3.63, 3.8) is 0 Å². The van der Waals surface area contributed by atoms with Crippen LogP contribution in [0.1, 0.15) is 23.7 Å². The molecule has 0 spiro atoms. The van der Waals surface area contributed by atoms with Crippen LogP contribution in [0.4, 0.5) is 4.39 Å². The van der Waals surface area contributed by atoms with Crippen LogP contribution in [0.15, 0.2) is 34.3 Å². The van der Waals surface area contributed by atoms with E-state index in [9.17, 15) is 9.18 Å². The van der Waals surface area contributed by atoms with Gasteiger partial charge < -0.3 is 4.90 Å². The first-order valence-corrected chi connectivity index (χ1v) is 6.27. The molecular weight excluding hydrogens is 285 g/mol. The first-order chi connectivity index (χ1) is 8.08. The van der Waals surface area contributed by atoms with E-state index >= 15 is 0 Å². The van der Waals surface area contributed by atoms with Crippen LogP contribution in [-0.2, 0) is 0 Å². The van der Waals surface area contributed by atoms with E-state index in [0.29, 0.717) is 23.1 Å². The summed E-state index contributed by atoms with van der Waals surface area (Å²) in [6, 6.07) is 4.48. The number of nitrogens with zero attached hydrogens (tertiary/aromatic N) is 1. The van der Waals surface area contributed by atoms with Gasteiger partial charge in [0, 0.05) is 18.7 Å². The molecule has 1 aromatic carbocycles. The zero-order chi connectivity index (χ0) is 12.4. The summed E-state index contributed by atoms with van der Waals surface area (Å²) in [5.41, 5.74) is 1.59. The predicted octanol–water partition coefficient (Wildman–Crippen LogP) is 3.38. The van der Waals surface area contributed by atoms with Crippen molar-refractivity contribution in [2.24, 2.45) is 0 Å². The van der Waals surface area contributed by atoms with Gasteiger partial charge in [0.1, 0.15) is 5.82 Å². The van der Waals surface area contributed by atoms with Gasteiger partial charge in [-0.2, -0.15) is 0 Å². The quantitative estimate of drug-likeness (QED) is 0.728. The summed E-state index contributed by atoms with van der Waals surface area (Å²) in [5.74, 6) is -0.510. The lowest BCUT2D eigenvalue weighted by atomic mass is 10.1. The molecule has 0 saturated heterocycles. The number of rotatable bonds is 1. The highest BCUT2D eigenvalue weighted by molar-refractivity contribution is 9.10. The third kappa shape index (κ3) is 2.75. The number of amides is 1. The van der Waals surface area contributed by atoms with Gasteiger partial charge in [-0.05, 0) is 47.5 Å². The average molecular weight is 298 g/mol. The van der Waals surface area contributed by atoms with Crippen LogP contribution in [0.2, 0.25) is 0 Å². The average Bonchev–Trinajstić information content (AvgIpc) is 2.32. The molecule has 1 aliphatic heterocycles. The molecule has 0 atom stereocenters. The van der Waals surface area contributed by atoms with Crippen molar-refractivity contribution in [1.82, 2.24) is 4.90 Å². The van der Waals surface area contributed by atoms with Gasteiger partial charge in [-0.1, -0.05) is 11.6 Å². The molecule has 1 aromatic rings. The Balaban J connectivity index is 2.19. The molecule has 0 saturated carbocycles. The Bertz CT molecular complexity index is 484. The Kier molecular flexibility index (Phi) is 3.62. The molecule has 0 fully saturated rings. The predicted molar refractivity (Wildman–Crippen MR) is 68.4 cm³/mol. The van der Waals surface area contributed by atoms with E-state index in [2.05, 4.69) is 22.0 Å². The molecule has 0 unspecified atom stereocenters. The fourth-order valence-electron chi connectivity index (χ4n) is 1.90. The van der Waals surface area contributed by atoms with Gasteiger partial charge in [0.15, 0.2) is 0 Å². The molecule has 0 bridgehead atoms. The molecule has 2 nitrogen and oxygen atoms in total. The van der Waals surface area contributed by atoms with Gasteiger partial charge in [-0.15, -0.1) is 0 Å². The Hall–Kier alpha value is -1.16.